The van der Waals surface area contributed by atoms with E-state index in [9.17, 15) is 14.4 Å². The number of ether oxygens (including phenoxy) is 1. The lowest BCUT2D eigenvalue weighted by atomic mass is 9.50. The Kier molecular flexibility index (Phi) is 8.11. The van der Waals surface area contributed by atoms with Crippen LogP contribution >= 0.6 is 0 Å². The van der Waals surface area contributed by atoms with Gasteiger partial charge in [-0.25, -0.2) is 0 Å². The molecule has 0 unspecified atom stereocenters. The van der Waals surface area contributed by atoms with Gasteiger partial charge in [-0.2, -0.15) is 0 Å². The molecule has 0 aromatic heterocycles. The number of hydrogen-bond donors (Lipinski definition) is 1. The van der Waals surface area contributed by atoms with Crippen LogP contribution in [0.4, 0.5) is 5.69 Å². The van der Waals surface area contributed by atoms with Crippen LogP contribution in [0.15, 0.2) is 47.1 Å². The first kappa shape index (κ1) is 28.8. The zero-order valence-electron chi connectivity index (χ0n) is 24.6. The predicted molar refractivity (Wildman–Crippen MR) is 156 cm³/mol. The molecule has 5 atom stereocenters. The Morgan fingerprint density at radius 3 is 2.48 bits per heavy atom. The number of esters is 1. The number of aliphatic hydroxyl groups excluding tert-OH is 1. The van der Waals surface area contributed by atoms with E-state index in [-0.39, 0.29) is 36.0 Å². The molecule has 1 N–H and O–H groups in total. The highest BCUT2D eigenvalue weighted by Crippen LogP contribution is 2.67. The van der Waals surface area contributed by atoms with Crippen molar-refractivity contribution in [2.45, 2.75) is 96.5 Å². The largest absolute Gasteiger partial charge is 0.451 e. The number of hydrogen-bond acceptors (Lipinski definition) is 6. The number of Topliss-reactive ketones (excluding diaryl/α,β-unsaturated/α-hetero) is 1. The molecule has 0 bridgehead atoms. The van der Waals surface area contributed by atoms with Gasteiger partial charge in [0.05, 0.1) is 0 Å². The lowest BCUT2D eigenvalue weighted by Crippen LogP contribution is -2.57. The highest BCUT2D eigenvalue weighted by molar-refractivity contribution is 5.93. The number of aliphatic hydroxyl groups is 1. The van der Waals surface area contributed by atoms with E-state index >= 15 is 0 Å². The molecule has 0 heterocycles. The summed E-state index contributed by atoms with van der Waals surface area (Å²) in [5, 5.41) is 9.07. The van der Waals surface area contributed by atoms with E-state index in [1.54, 1.807) is 6.92 Å². The van der Waals surface area contributed by atoms with Crippen molar-refractivity contribution in [3.05, 3.63) is 52.6 Å². The maximum absolute atomic E-state index is 13.3. The van der Waals surface area contributed by atoms with Gasteiger partial charge in [-0.3, -0.25) is 14.4 Å². The third-order valence-electron chi connectivity index (χ3n) is 10.6. The number of ketones is 2. The number of anilines is 1. The Morgan fingerprint density at radius 2 is 1.80 bits per heavy atom. The number of carbonyl (C=O) groups excluding carboxylic acids is 3. The van der Waals surface area contributed by atoms with Crippen LogP contribution in [-0.4, -0.2) is 48.4 Å². The highest BCUT2D eigenvalue weighted by Gasteiger charge is 2.67. The summed E-state index contributed by atoms with van der Waals surface area (Å²) in [7, 11) is 2.11. The molecule has 216 valence electrons. The first-order valence-electron chi connectivity index (χ1n) is 15.2. The number of nitrogens with zero attached hydrogens (tertiary/aromatic N) is 1. The first-order valence-corrected chi connectivity index (χ1v) is 15.2. The molecule has 0 spiro atoms. The fourth-order valence-corrected chi connectivity index (χ4v) is 8.74. The molecule has 6 nitrogen and oxygen atoms in total. The summed E-state index contributed by atoms with van der Waals surface area (Å²) in [5.41, 5.74) is 4.90. The lowest BCUT2D eigenvalue weighted by molar-refractivity contribution is -0.182. The van der Waals surface area contributed by atoms with Crippen molar-refractivity contribution in [2.75, 3.05) is 25.1 Å². The number of unbranched alkanes of at least 4 members (excludes halogenated alkanes) is 2. The zero-order valence-corrected chi connectivity index (χ0v) is 24.6. The van der Waals surface area contributed by atoms with Crippen LogP contribution in [0.1, 0.15) is 96.5 Å². The summed E-state index contributed by atoms with van der Waals surface area (Å²) in [6.45, 7) is 6.40. The maximum Gasteiger partial charge on any atom is 0.303 e. The summed E-state index contributed by atoms with van der Waals surface area (Å²) in [5.74, 6) is 0.485. The SMILES string of the molecule is CC(=O)O[C@]1(C(C)=O)CC[C@H]2[C@@H]3CCC4=CC(=O)CCC4=C3[C@@H](c3ccc(N(C)CCCCCO)cc3)C[C@@]21C. The number of carbonyl (C=O) groups is 3. The predicted octanol–water partition coefficient (Wildman–Crippen LogP) is 6.08. The highest BCUT2D eigenvalue weighted by atomic mass is 16.6. The molecular formula is C34H45NO5. The Balaban J connectivity index is 1.55. The van der Waals surface area contributed by atoms with Crippen molar-refractivity contribution in [2.24, 2.45) is 17.3 Å². The first-order chi connectivity index (χ1) is 19.1. The quantitative estimate of drug-likeness (QED) is 0.298. The maximum atomic E-state index is 13.3. The van der Waals surface area contributed by atoms with E-state index in [1.807, 2.05) is 6.08 Å². The molecule has 0 saturated heterocycles. The lowest BCUT2D eigenvalue weighted by Gasteiger charge is -2.55. The summed E-state index contributed by atoms with van der Waals surface area (Å²) in [6, 6.07) is 8.86. The summed E-state index contributed by atoms with van der Waals surface area (Å²) in [6.07, 6.45) is 10.2. The average molecular weight is 548 g/mol. The Hall–Kier alpha value is -2.73. The monoisotopic (exact) mass is 547 g/mol. The molecule has 6 heteroatoms. The molecule has 1 aromatic carbocycles. The minimum Gasteiger partial charge on any atom is -0.451 e. The van der Waals surface area contributed by atoms with Crippen molar-refractivity contribution in [1.29, 1.82) is 0 Å². The van der Waals surface area contributed by atoms with Crippen molar-refractivity contribution >= 4 is 23.2 Å². The molecule has 2 saturated carbocycles. The molecular weight excluding hydrogens is 502 g/mol. The second-order valence-corrected chi connectivity index (χ2v) is 12.8. The topological polar surface area (TPSA) is 83.9 Å². The van der Waals surface area contributed by atoms with Crippen molar-refractivity contribution < 1.29 is 24.2 Å². The molecule has 0 radical (unpaired) electrons. The minimum atomic E-state index is -1.09. The molecule has 5 rings (SSSR count). The van der Waals surface area contributed by atoms with Gasteiger partial charge < -0.3 is 14.7 Å². The van der Waals surface area contributed by atoms with Gasteiger partial charge in [-0.05, 0) is 111 Å². The molecule has 4 aliphatic rings. The van der Waals surface area contributed by atoms with Crippen LogP contribution in [0.25, 0.3) is 0 Å². The van der Waals surface area contributed by atoms with Gasteiger partial charge in [0.15, 0.2) is 17.2 Å². The van der Waals surface area contributed by atoms with E-state index < -0.39 is 11.0 Å². The Morgan fingerprint density at radius 1 is 1.05 bits per heavy atom. The molecule has 40 heavy (non-hydrogen) atoms. The fraction of sp³-hybridized carbons (Fsp3) is 0.618. The molecule has 2 fully saturated rings. The van der Waals surface area contributed by atoms with E-state index in [0.717, 1.165) is 63.6 Å². The van der Waals surface area contributed by atoms with Gasteiger partial charge in [-0.1, -0.05) is 24.6 Å². The van der Waals surface area contributed by atoms with Crippen LogP contribution in [0.5, 0.6) is 0 Å². The second kappa shape index (κ2) is 11.3. The minimum absolute atomic E-state index is 0.0413. The Labute approximate surface area is 238 Å². The van der Waals surface area contributed by atoms with Crippen LogP contribution < -0.4 is 4.90 Å². The van der Waals surface area contributed by atoms with E-state index in [2.05, 4.69) is 43.1 Å². The van der Waals surface area contributed by atoms with E-state index in [1.165, 1.54) is 29.2 Å². The second-order valence-electron chi connectivity index (χ2n) is 12.8. The van der Waals surface area contributed by atoms with Crippen LogP contribution in [-0.2, 0) is 19.1 Å². The van der Waals surface area contributed by atoms with Crippen LogP contribution in [0.2, 0.25) is 0 Å². The van der Waals surface area contributed by atoms with Gasteiger partial charge in [-0.15, -0.1) is 0 Å². The van der Waals surface area contributed by atoms with Crippen molar-refractivity contribution in [3.8, 4) is 0 Å². The number of allylic oxidation sites excluding steroid dienone is 4. The van der Waals surface area contributed by atoms with Crippen LogP contribution in [0.3, 0.4) is 0 Å². The molecule has 1 aromatic rings. The molecule has 0 aliphatic heterocycles. The third-order valence-corrected chi connectivity index (χ3v) is 10.6. The van der Waals surface area contributed by atoms with E-state index in [4.69, 9.17) is 9.84 Å². The fourth-order valence-electron chi connectivity index (χ4n) is 8.74. The van der Waals surface area contributed by atoms with Crippen molar-refractivity contribution in [3.63, 3.8) is 0 Å². The smallest absolute Gasteiger partial charge is 0.303 e. The number of benzene rings is 1. The van der Waals surface area contributed by atoms with Gasteiger partial charge in [0.2, 0.25) is 0 Å². The zero-order chi connectivity index (χ0) is 28.7. The molecule has 0 amide bonds. The van der Waals surface area contributed by atoms with E-state index in [0.29, 0.717) is 18.8 Å². The summed E-state index contributed by atoms with van der Waals surface area (Å²) in [4.78, 5) is 40.3. The standard InChI is InChI=1S/C34H45NO5/c1-22(37)34(40-23(2)38)17-16-31-29-14-10-25-20-27(39)13-15-28(25)32(29)30(21-33(31,34)3)24-8-11-26(12-9-24)35(4)18-6-5-7-19-36/h8-9,11-12,20,29-31,36H,5-7,10,13-19,21H2,1-4H3/t29-,30+,31-,33-,34-/m0/s1. The molecule has 4 aliphatic carbocycles. The van der Waals surface area contributed by atoms with Gasteiger partial charge in [0.1, 0.15) is 0 Å². The Bertz CT molecular complexity index is 1230. The average Bonchev–Trinajstić information content (AvgIpc) is 3.22. The van der Waals surface area contributed by atoms with Crippen molar-refractivity contribution in [1.82, 2.24) is 0 Å². The van der Waals surface area contributed by atoms with Gasteiger partial charge >= 0.3 is 5.97 Å². The van der Waals surface area contributed by atoms with Gasteiger partial charge in [0, 0.05) is 50.6 Å². The van der Waals surface area contributed by atoms with Crippen LogP contribution in [0, 0.1) is 17.3 Å². The summed E-state index contributed by atoms with van der Waals surface area (Å²) >= 11 is 0. The third kappa shape index (κ3) is 4.87. The number of fused-ring (bicyclic) bond motifs is 4. The van der Waals surface area contributed by atoms with Gasteiger partial charge in [0.25, 0.3) is 0 Å². The normalized spacial score (nSPS) is 31.2. The number of rotatable bonds is 9. The summed E-state index contributed by atoms with van der Waals surface area (Å²) < 4.78 is 6.04.